The number of alkyl halides is 3. The van der Waals surface area contributed by atoms with Crippen LogP contribution in [0.1, 0.15) is 18.1 Å². The van der Waals surface area contributed by atoms with E-state index in [-0.39, 0.29) is 18.0 Å². The molecule has 0 atom stereocenters. The molecule has 6 nitrogen and oxygen atoms in total. The highest BCUT2D eigenvalue weighted by Crippen LogP contribution is 2.18. The molecule has 0 fully saturated rings. The van der Waals surface area contributed by atoms with E-state index in [0.717, 1.165) is 5.56 Å². The summed E-state index contributed by atoms with van der Waals surface area (Å²) in [5.41, 5.74) is 4.25. The summed E-state index contributed by atoms with van der Waals surface area (Å²) in [6.45, 7) is 1.64. The summed E-state index contributed by atoms with van der Waals surface area (Å²) in [6.07, 6.45) is -4.83. The van der Waals surface area contributed by atoms with Gasteiger partial charge in [-0.15, -0.1) is 0 Å². The fourth-order valence-electron chi connectivity index (χ4n) is 2.18. The molecule has 2 rings (SSSR count). The van der Waals surface area contributed by atoms with Crippen LogP contribution < -0.4 is 15.5 Å². The van der Waals surface area contributed by atoms with Gasteiger partial charge in [0.2, 0.25) is 5.91 Å². The van der Waals surface area contributed by atoms with E-state index in [1.165, 1.54) is 24.3 Å². The molecule has 2 amide bonds. The zero-order valence-electron chi connectivity index (χ0n) is 15.1. The molecule has 0 aliphatic carbocycles. The lowest BCUT2D eigenvalue weighted by Gasteiger charge is -2.08. The van der Waals surface area contributed by atoms with Crippen LogP contribution in [-0.2, 0) is 16.0 Å². The monoisotopic (exact) mass is 393 g/mol. The zero-order valence-corrected chi connectivity index (χ0v) is 15.1. The summed E-state index contributed by atoms with van der Waals surface area (Å²) in [4.78, 5) is 22.9. The second-order valence-corrected chi connectivity index (χ2v) is 5.79. The van der Waals surface area contributed by atoms with Gasteiger partial charge in [-0.2, -0.15) is 18.3 Å². The fraction of sp³-hybridized carbons (Fsp3) is 0.211. The van der Waals surface area contributed by atoms with Crippen LogP contribution in [0.3, 0.4) is 0 Å². The van der Waals surface area contributed by atoms with Crippen LogP contribution in [0, 0.1) is 0 Å². The molecule has 0 unspecified atom stereocenters. The Morgan fingerprint density at radius 1 is 1.04 bits per heavy atom. The number of nitrogens with zero attached hydrogens (tertiary/aromatic N) is 1. The largest absolute Gasteiger partial charge is 0.497 e. The minimum absolute atomic E-state index is 0.00224. The van der Waals surface area contributed by atoms with E-state index in [0.29, 0.717) is 17.0 Å². The van der Waals surface area contributed by atoms with Crippen molar-refractivity contribution in [3.8, 4) is 5.75 Å². The van der Waals surface area contributed by atoms with Gasteiger partial charge in [0, 0.05) is 5.69 Å². The topological polar surface area (TPSA) is 79.8 Å². The standard InChI is InChI=1S/C19H18F3N3O3/c1-12(14-5-7-15(8-6-14)23-18(27)19(20,21)22)24-25-17(26)11-13-3-9-16(28-2)10-4-13/h3-10H,11H2,1-2H3,(H,23,27)(H,25,26). The van der Waals surface area contributed by atoms with E-state index < -0.39 is 12.1 Å². The van der Waals surface area contributed by atoms with Gasteiger partial charge >= 0.3 is 12.1 Å². The molecule has 0 heterocycles. The summed E-state index contributed by atoms with van der Waals surface area (Å²) in [7, 11) is 1.55. The molecule has 28 heavy (non-hydrogen) atoms. The SMILES string of the molecule is COc1ccc(CC(=O)NN=C(C)c2ccc(NC(=O)C(F)(F)F)cc2)cc1. The summed E-state index contributed by atoms with van der Waals surface area (Å²) >= 11 is 0. The van der Waals surface area contributed by atoms with Crippen molar-refractivity contribution < 1.29 is 27.5 Å². The third-order valence-corrected chi connectivity index (χ3v) is 3.69. The van der Waals surface area contributed by atoms with Crippen molar-refractivity contribution in [2.75, 3.05) is 12.4 Å². The van der Waals surface area contributed by atoms with Crippen LogP contribution in [0.15, 0.2) is 53.6 Å². The quantitative estimate of drug-likeness (QED) is 0.584. The van der Waals surface area contributed by atoms with Crippen molar-refractivity contribution in [1.29, 1.82) is 0 Å². The number of hydrogen-bond donors (Lipinski definition) is 2. The first-order valence-corrected chi connectivity index (χ1v) is 8.13. The first-order valence-electron chi connectivity index (χ1n) is 8.13. The van der Waals surface area contributed by atoms with E-state index in [2.05, 4.69) is 10.5 Å². The van der Waals surface area contributed by atoms with Gasteiger partial charge in [0.05, 0.1) is 19.2 Å². The predicted octanol–water partition coefficient (Wildman–Crippen LogP) is 3.28. The number of amides is 2. The van der Waals surface area contributed by atoms with Crippen molar-refractivity contribution >= 4 is 23.2 Å². The van der Waals surface area contributed by atoms with E-state index in [1.807, 2.05) is 0 Å². The molecule has 0 saturated heterocycles. The molecule has 148 valence electrons. The number of hydrazone groups is 1. The second-order valence-electron chi connectivity index (χ2n) is 5.79. The maximum Gasteiger partial charge on any atom is 0.471 e. The number of benzene rings is 2. The van der Waals surface area contributed by atoms with Gasteiger partial charge in [-0.25, -0.2) is 5.43 Å². The number of methoxy groups -OCH3 is 1. The first-order chi connectivity index (χ1) is 13.2. The average molecular weight is 393 g/mol. The molecular formula is C19H18F3N3O3. The van der Waals surface area contributed by atoms with E-state index in [9.17, 15) is 22.8 Å². The highest BCUT2D eigenvalue weighted by atomic mass is 19.4. The number of hydrogen-bond acceptors (Lipinski definition) is 4. The Kier molecular flexibility index (Phi) is 6.75. The molecule has 2 N–H and O–H groups in total. The molecule has 2 aromatic rings. The Labute approximate surface area is 159 Å². The lowest BCUT2D eigenvalue weighted by Crippen LogP contribution is -2.29. The third kappa shape index (κ3) is 6.11. The number of ether oxygens (including phenoxy) is 1. The molecule has 0 aliphatic heterocycles. The van der Waals surface area contributed by atoms with Gasteiger partial charge in [-0.05, 0) is 42.3 Å². The highest BCUT2D eigenvalue weighted by molar-refractivity contribution is 6.00. The zero-order chi connectivity index (χ0) is 20.7. The van der Waals surface area contributed by atoms with E-state index in [1.54, 1.807) is 43.6 Å². The van der Waals surface area contributed by atoms with Gasteiger partial charge in [0.25, 0.3) is 0 Å². The van der Waals surface area contributed by atoms with Crippen LogP contribution in [0.25, 0.3) is 0 Å². The molecule has 0 bridgehead atoms. The van der Waals surface area contributed by atoms with Crippen LogP contribution in [-0.4, -0.2) is 30.8 Å². The number of halogens is 3. The molecular weight excluding hydrogens is 375 g/mol. The number of anilines is 1. The minimum atomic E-state index is -4.95. The Balaban J connectivity index is 1.93. The van der Waals surface area contributed by atoms with Crippen LogP contribution in [0.5, 0.6) is 5.75 Å². The Hall–Kier alpha value is -3.36. The van der Waals surface area contributed by atoms with Crippen molar-refractivity contribution in [3.05, 3.63) is 59.7 Å². The van der Waals surface area contributed by atoms with Gasteiger partial charge in [0.15, 0.2) is 0 Å². The maximum atomic E-state index is 12.2. The highest BCUT2D eigenvalue weighted by Gasteiger charge is 2.38. The van der Waals surface area contributed by atoms with Gasteiger partial charge in [-0.1, -0.05) is 24.3 Å². The van der Waals surface area contributed by atoms with Crippen molar-refractivity contribution in [2.24, 2.45) is 5.10 Å². The summed E-state index contributed by atoms with van der Waals surface area (Å²) in [5.74, 6) is -1.68. The second kappa shape index (κ2) is 9.03. The summed E-state index contributed by atoms with van der Waals surface area (Å²) in [6, 6.07) is 12.6. The van der Waals surface area contributed by atoms with Gasteiger partial charge in [-0.3, -0.25) is 9.59 Å². The molecule has 0 radical (unpaired) electrons. The summed E-state index contributed by atoms with van der Waals surface area (Å²) < 4.78 is 41.8. The van der Waals surface area contributed by atoms with E-state index >= 15 is 0 Å². The average Bonchev–Trinajstić information content (AvgIpc) is 2.66. The molecule has 0 saturated carbocycles. The smallest absolute Gasteiger partial charge is 0.471 e. The van der Waals surface area contributed by atoms with Crippen LogP contribution in [0.2, 0.25) is 0 Å². The predicted molar refractivity (Wildman–Crippen MR) is 98.2 cm³/mol. The number of carbonyl (C=O) groups excluding carboxylic acids is 2. The molecule has 0 aliphatic rings. The van der Waals surface area contributed by atoms with E-state index in [4.69, 9.17) is 4.74 Å². The first kappa shape index (κ1) is 20.9. The lowest BCUT2D eigenvalue weighted by molar-refractivity contribution is -0.167. The number of rotatable bonds is 6. The fourth-order valence-corrected chi connectivity index (χ4v) is 2.18. The third-order valence-electron chi connectivity index (χ3n) is 3.69. The van der Waals surface area contributed by atoms with Crippen LogP contribution >= 0.6 is 0 Å². The Morgan fingerprint density at radius 3 is 2.18 bits per heavy atom. The Morgan fingerprint density at radius 2 is 1.64 bits per heavy atom. The molecule has 2 aromatic carbocycles. The van der Waals surface area contributed by atoms with Gasteiger partial charge < -0.3 is 10.1 Å². The van der Waals surface area contributed by atoms with Crippen molar-refractivity contribution in [2.45, 2.75) is 19.5 Å². The maximum absolute atomic E-state index is 12.2. The molecule has 0 aromatic heterocycles. The minimum Gasteiger partial charge on any atom is -0.497 e. The lowest BCUT2D eigenvalue weighted by atomic mass is 10.1. The van der Waals surface area contributed by atoms with Gasteiger partial charge in [0.1, 0.15) is 5.75 Å². The molecule has 0 spiro atoms. The number of carbonyl (C=O) groups is 2. The normalized spacial score (nSPS) is 11.7. The summed E-state index contributed by atoms with van der Waals surface area (Å²) in [5, 5.41) is 5.73. The number of nitrogens with one attached hydrogen (secondary N) is 2. The Bertz CT molecular complexity index is 861. The molecule has 9 heteroatoms. The van der Waals surface area contributed by atoms with Crippen molar-refractivity contribution in [3.63, 3.8) is 0 Å². The van der Waals surface area contributed by atoms with Crippen LogP contribution in [0.4, 0.5) is 18.9 Å². The van der Waals surface area contributed by atoms with Crippen molar-refractivity contribution in [1.82, 2.24) is 5.43 Å².